The van der Waals surface area contributed by atoms with E-state index in [9.17, 15) is 4.79 Å². The first-order valence-electron chi connectivity index (χ1n) is 9.21. The minimum Gasteiger partial charge on any atom is -0.370 e. The van der Waals surface area contributed by atoms with Crippen LogP contribution in [0.4, 0.5) is 0 Å². The second-order valence-electron chi connectivity index (χ2n) is 7.90. The van der Waals surface area contributed by atoms with Crippen LogP contribution in [0.5, 0.6) is 0 Å². The van der Waals surface area contributed by atoms with Gasteiger partial charge in [-0.25, -0.2) is 4.98 Å². The number of benzene rings is 1. The van der Waals surface area contributed by atoms with Gasteiger partial charge in [0, 0.05) is 16.5 Å². The molecule has 3 heterocycles. The lowest BCUT2D eigenvalue weighted by Gasteiger charge is -2.30. The predicted octanol–water partition coefficient (Wildman–Crippen LogP) is 5.11. The van der Waals surface area contributed by atoms with Crippen molar-refractivity contribution in [2.75, 3.05) is 0 Å². The third kappa shape index (κ3) is 3.35. The lowest BCUT2D eigenvalue weighted by molar-refractivity contribution is -0.0379. The van der Waals surface area contributed by atoms with Gasteiger partial charge in [-0.05, 0) is 38.0 Å². The smallest absolute Gasteiger partial charge is 0.267 e. The molecule has 1 aromatic carbocycles. The monoisotopic (exact) mass is 400 g/mol. The summed E-state index contributed by atoms with van der Waals surface area (Å²) in [5, 5.41) is 1.86. The van der Waals surface area contributed by atoms with Crippen molar-refractivity contribution in [2.45, 2.75) is 63.7 Å². The maximum Gasteiger partial charge on any atom is 0.267 e. The molecule has 4 rings (SSSR count). The maximum atomic E-state index is 13.7. The molecule has 0 fully saturated rings. The Balaban J connectivity index is 2.04. The molecule has 0 aliphatic carbocycles. The molecule has 6 heteroatoms. The second-order valence-corrected chi connectivity index (χ2v) is 10.5. The highest BCUT2D eigenvalue weighted by atomic mass is 32.2. The van der Waals surface area contributed by atoms with Crippen molar-refractivity contribution >= 4 is 33.3 Å². The first-order valence-corrected chi connectivity index (χ1v) is 10.9. The van der Waals surface area contributed by atoms with Gasteiger partial charge in [-0.3, -0.25) is 9.36 Å². The highest BCUT2D eigenvalue weighted by molar-refractivity contribution is 7.99. The number of thiophene rings is 1. The van der Waals surface area contributed by atoms with Crippen molar-refractivity contribution < 1.29 is 4.74 Å². The Morgan fingerprint density at radius 2 is 2.04 bits per heavy atom. The Morgan fingerprint density at radius 3 is 2.74 bits per heavy atom. The molecular formula is C21H24N2O2S2. The van der Waals surface area contributed by atoms with Crippen LogP contribution in [0.25, 0.3) is 15.9 Å². The number of thioether (sulfide) groups is 1. The van der Waals surface area contributed by atoms with Gasteiger partial charge >= 0.3 is 0 Å². The lowest BCUT2D eigenvalue weighted by atomic mass is 9.94. The Kier molecular flexibility index (Phi) is 4.69. The summed E-state index contributed by atoms with van der Waals surface area (Å²) < 4.78 is 7.76. The van der Waals surface area contributed by atoms with E-state index in [-0.39, 0.29) is 11.2 Å². The zero-order chi connectivity index (χ0) is 19.3. The van der Waals surface area contributed by atoms with Gasteiger partial charge in [0.05, 0.1) is 23.3 Å². The lowest BCUT2D eigenvalue weighted by Crippen LogP contribution is -2.32. The first kappa shape index (κ1) is 18.7. The molecule has 0 amide bonds. The van der Waals surface area contributed by atoms with Gasteiger partial charge in [0.2, 0.25) is 0 Å². The summed E-state index contributed by atoms with van der Waals surface area (Å²) in [4.78, 5) is 20.6. The molecule has 0 saturated carbocycles. The Hall–Kier alpha value is -1.63. The molecule has 2 aromatic heterocycles. The molecule has 1 aliphatic heterocycles. The molecule has 0 radical (unpaired) electrons. The van der Waals surface area contributed by atoms with Crippen molar-refractivity contribution in [1.29, 1.82) is 0 Å². The number of fused-ring (bicyclic) bond motifs is 3. The van der Waals surface area contributed by atoms with Crippen molar-refractivity contribution in [1.82, 2.24) is 9.55 Å². The van der Waals surface area contributed by atoms with Crippen LogP contribution in [-0.2, 0) is 17.8 Å². The molecule has 1 aliphatic rings. The van der Waals surface area contributed by atoms with Crippen LogP contribution in [-0.4, -0.2) is 20.4 Å². The van der Waals surface area contributed by atoms with Crippen LogP contribution in [0, 0.1) is 6.92 Å². The summed E-state index contributed by atoms with van der Waals surface area (Å²) in [6.07, 6.45) is 0.740. The van der Waals surface area contributed by atoms with E-state index in [1.807, 2.05) is 31.2 Å². The zero-order valence-corrected chi connectivity index (χ0v) is 18.0. The van der Waals surface area contributed by atoms with Crippen LogP contribution in [0.3, 0.4) is 0 Å². The van der Waals surface area contributed by atoms with Gasteiger partial charge in [-0.1, -0.05) is 43.8 Å². The molecule has 0 bridgehead atoms. The van der Waals surface area contributed by atoms with Gasteiger partial charge in [0.15, 0.2) is 5.16 Å². The largest absolute Gasteiger partial charge is 0.370 e. The van der Waals surface area contributed by atoms with Crippen LogP contribution >= 0.6 is 23.1 Å². The third-order valence-corrected chi connectivity index (χ3v) is 6.83. The normalized spacial score (nSPS) is 16.1. The molecule has 0 spiro atoms. The predicted molar refractivity (Wildman–Crippen MR) is 114 cm³/mol. The van der Waals surface area contributed by atoms with Gasteiger partial charge < -0.3 is 4.74 Å². The highest BCUT2D eigenvalue weighted by Gasteiger charge is 2.31. The summed E-state index contributed by atoms with van der Waals surface area (Å²) in [7, 11) is 0. The summed E-state index contributed by atoms with van der Waals surface area (Å²) in [6, 6.07) is 8.01. The van der Waals surface area contributed by atoms with E-state index < -0.39 is 0 Å². The molecule has 27 heavy (non-hydrogen) atoms. The molecule has 0 atom stereocenters. The van der Waals surface area contributed by atoms with Gasteiger partial charge in [0.1, 0.15) is 4.83 Å². The van der Waals surface area contributed by atoms with Gasteiger partial charge in [-0.15, -0.1) is 11.3 Å². The fraction of sp³-hybridized carbons (Fsp3) is 0.429. The van der Waals surface area contributed by atoms with Crippen molar-refractivity contribution in [3.05, 3.63) is 50.6 Å². The minimum absolute atomic E-state index is 0.0349. The number of rotatable bonds is 3. The van der Waals surface area contributed by atoms with E-state index in [0.717, 1.165) is 43.5 Å². The quantitative estimate of drug-likeness (QED) is 0.453. The van der Waals surface area contributed by atoms with Gasteiger partial charge in [-0.2, -0.15) is 0 Å². The Labute approximate surface area is 167 Å². The standard InChI is InChI=1S/C21H24N2O2S2/c1-12(2)26-20-22-18-17(14-10-21(4,5)25-11-16(14)27-18)19(24)23(20)15-9-7-6-8-13(15)3/h6-9,12H,10-11H2,1-5H3. The maximum absolute atomic E-state index is 13.7. The average Bonchev–Trinajstić information content (AvgIpc) is 2.92. The number of aryl methyl sites for hydroxylation is 1. The molecule has 142 valence electrons. The van der Waals surface area contributed by atoms with E-state index in [1.54, 1.807) is 27.7 Å². The molecular weight excluding hydrogens is 376 g/mol. The Bertz CT molecular complexity index is 1080. The van der Waals surface area contributed by atoms with Crippen LogP contribution in [0.1, 0.15) is 43.7 Å². The molecule has 0 unspecified atom stereocenters. The first-order chi connectivity index (χ1) is 12.8. The highest BCUT2D eigenvalue weighted by Crippen LogP contribution is 2.38. The van der Waals surface area contributed by atoms with Crippen molar-refractivity contribution in [3.63, 3.8) is 0 Å². The third-order valence-electron chi connectivity index (χ3n) is 4.77. The van der Waals surface area contributed by atoms with Gasteiger partial charge in [0.25, 0.3) is 5.56 Å². The number of para-hydroxylation sites is 1. The topological polar surface area (TPSA) is 44.1 Å². The summed E-state index contributed by atoms with van der Waals surface area (Å²) in [5.74, 6) is 0. The average molecular weight is 401 g/mol. The molecule has 4 nitrogen and oxygen atoms in total. The molecule has 3 aromatic rings. The molecule has 0 N–H and O–H groups in total. The number of nitrogens with zero attached hydrogens (tertiary/aromatic N) is 2. The van der Waals surface area contributed by atoms with Crippen molar-refractivity contribution in [2.24, 2.45) is 0 Å². The van der Waals surface area contributed by atoms with E-state index in [4.69, 9.17) is 9.72 Å². The van der Waals surface area contributed by atoms with E-state index in [2.05, 4.69) is 27.7 Å². The van der Waals surface area contributed by atoms with E-state index >= 15 is 0 Å². The van der Waals surface area contributed by atoms with E-state index in [0.29, 0.717) is 11.9 Å². The fourth-order valence-electron chi connectivity index (χ4n) is 3.49. The number of hydrogen-bond donors (Lipinski definition) is 0. The summed E-state index contributed by atoms with van der Waals surface area (Å²) in [5.41, 5.74) is 2.87. The minimum atomic E-state index is -0.258. The van der Waals surface area contributed by atoms with Crippen LogP contribution < -0.4 is 5.56 Å². The van der Waals surface area contributed by atoms with Crippen LogP contribution in [0.15, 0.2) is 34.2 Å². The SMILES string of the molecule is Cc1ccccc1-n1c(SC(C)C)nc2sc3c(c2c1=O)CC(C)(C)OC3. The summed E-state index contributed by atoms with van der Waals surface area (Å²) in [6.45, 7) is 11.0. The number of ether oxygens (including phenoxy) is 1. The summed E-state index contributed by atoms with van der Waals surface area (Å²) >= 11 is 3.23. The van der Waals surface area contributed by atoms with Crippen molar-refractivity contribution in [3.8, 4) is 5.69 Å². The van der Waals surface area contributed by atoms with E-state index in [1.165, 1.54) is 0 Å². The number of aromatic nitrogens is 2. The Morgan fingerprint density at radius 1 is 1.30 bits per heavy atom. The zero-order valence-electron chi connectivity index (χ0n) is 16.3. The van der Waals surface area contributed by atoms with Crippen LogP contribution in [0.2, 0.25) is 0 Å². The second kappa shape index (κ2) is 6.76. The number of hydrogen-bond acceptors (Lipinski definition) is 5. The fourth-order valence-corrected chi connectivity index (χ4v) is 5.49. The molecule has 0 saturated heterocycles.